The molecule has 4 rings (SSSR count). The molecular formula is C15H19ClN4O2S. The molecule has 0 aromatic heterocycles. The van der Waals surface area contributed by atoms with Gasteiger partial charge in [-0.25, -0.2) is 0 Å². The average Bonchev–Trinajstić information content (AvgIpc) is 2.55. The Kier molecular flexibility index (Phi) is 4.72. The largest absolute Gasteiger partial charge is 0.378 e. The monoisotopic (exact) mass is 354 g/mol. The molecule has 1 atom stereocenters. The van der Waals surface area contributed by atoms with Crippen molar-refractivity contribution in [1.82, 2.24) is 15.8 Å². The van der Waals surface area contributed by atoms with Gasteiger partial charge >= 0.3 is 0 Å². The number of nitrogens with zero attached hydrogens (tertiary/aromatic N) is 1. The quantitative estimate of drug-likeness (QED) is 0.471. The van der Waals surface area contributed by atoms with E-state index < -0.39 is 11.5 Å². The van der Waals surface area contributed by atoms with E-state index in [-0.39, 0.29) is 11.0 Å². The van der Waals surface area contributed by atoms with Gasteiger partial charge in [0.1, 0.15) is 0 Å². The van der Waals surface area contributed by atoms with Gasteiger partial charge in [0.15, 0.2) is 10.7 Å². The summed E-state index contributed by atoms with van der Waals surface area (Å²) in [4.78, 5) is 14.5. The lowest BCUT2D eigenvalue weighted by molar-refractivity contribution is -0.162. The average molecular weight is 355 g/mol. The van der Waals surface area contributed by atoms with Gasteiger partial charge < -0.3 is 10.4 Å². The molecule has 124 valence electrons. The first-order chi connectivity index (χ1) is 11.0. The number of carbonyl (C=O) groups is 1. The van der Waals surface area contributed by atoms with E-state index in [1.54, 1.807) is 24.3 Å². The Bertz CT molecular complexity index is 604. The van der Waals surface area contributed by atoms with E-state index in [0.29, 0.717) is 11.6 Å². The smallest absolute Gasteiger partial charge is 0.271 e. The van der Waals surface area contributed by atoms with Gasteiger partial charge in [0.2, 0.25) is 0 Å². The molecule has 1 aromatic carbocycles. The number of halogens is 1. The fraction of sp³-hybridized carbons (Fsp3) is 0.467. The van der Waals surface area contributed by atoms with Crippen molar-refractivity contribution in [2.24, 2.45) is 5.92 Å². The van der Waals surface area contributed by atoms with Crippen molar-refractivity contribution in [1.29, 1.82) is 0 Å². The van der Waals surface area contributed by atoms with Gasteiger partial charge in [-0.05, 0) is 62.4 Å². The van der Waals surface area contributed by atoms with Crippen LogP contribution in [0, 0.1) is 5.92 Å². The highest BCUT2D eigenvalue weighted by atomic mass is 35.5. The third-order valence-corrected chi connectivity index (χ3v) is 4.97. The summed E-state index contributed by atoms with van der Waals surface area (Å²) < 4.78 is 0. The van der Waals surface area contributed by atoms with Crippen molar-refractivity contribution in [3.05, 3.63) is 29.3 Å². The van der Waals surface area contributed by atoms with Crippen LogP contribution in [0.3, 0.4) is 0 Å². The third-order valence-electron chi connectivity index (χ3n) is 4.51. The van der Waals surface area contributed by atoms with Crippen molar-refractivity contribution < 1.29 is 9.90 Å². The second-order valence-electron chi connectivity index (χ2n) is 6.01. The van der Waals surface area contributed by atoms with Crippen molar-refractivity contribution in [3.8, 4) is 0 Å². The number of hydrazine groups is 1. The number of amides is 1. The molecule has 3 fully saturated rings. The summed E-state index contributed by atoms with van der Waals surface area (Å²) in [6.07, 6.45) is 1.69. The summed E-state index contributed by atoms with van der Waals surface area (Å²) in [5.74, 6) is -0.431. The fourth-order valence-corrected chi connectivity index (χ4v) is 3.51. The Hall–Kier alpha value is -1.41. The number of hydrogen-bond acceptors (Lipinski definition) is 4. The zero-order chi connectivity index (χ0) is 16.4. The van der Waals surface area contributed by atoms with E-state index in [0.717, 1.165) is 31.6 Å². The first-order valence-electron chi connectivity index (χ1n) is 7.55. The molecule has 0 spiro atoms. The normalized spacial score (nSPS) is 29.0. The summed E-state index contributed by atoms with van der Waals surface area (Å²) in [6, 6.07) is 7.03. The van der Waals surface area contributed by atoms with Crippen LogP contribution >= 0.6 is 23.8 Å². The van der Waals surface area contributed by atoms with Crippen LogP contribution in [0.1, 0.15) is 12.8 Å². The van der Waals surface area contributed by atoms with Crippen LogP contribution < -0.4 is 16.2 Å². The summed E-state index contributed by atoms with van der Waals surface area (Å²) >= 11 is 10.9. The van der Waals surface area contributed by atoms with Crippen LogP contribution in [0.2, 0.25) is 5.02 Å². The molecule has 3 heterocycles. The minimum absolute atomic E-state index is 0.00657. The number of aliphatic hydroxyl groups is 1. The maximum Gasteiger partial charge on any atom is 0.271 e. The van der Waals surface area contributed by atoms with Gasteiger partial charge in [0.25, 0.3) is 5.91 Å². The highest BCUT2D eigenvalue weighted by molar-refractivity contribution is 7.80. The second-order valence-corrected chi connectivity index (χ2v) is 6.86. The molecule has 6 nitrogen and oxygen atoms in total. The maximum absolute atomic E-state index is 12.4. The molecule has 0 unspecified atom stereocenters. The molecule has 8 heteroatoms. The number of carbonyl (C=O) groups excluding carboxylic acids is 1. The standard InChI is InChI=1S/C15H19ClN4O2S/c16-11-1-3-12(4-2-11)17-14(23)19-18-13(21)15(22)9-20-7-5-10(15)6-8-20/h1-4,10,22H,5-9H2,(H,18,21)(H2,17,19,23)/t15-/m1/s1. The third kappa shape index (κ3) is 3.58. The zero-order valence-electron chi connectivity index (χ0n) is 12.5. The van der Waals surface area contributed by atoms with Crippen LogP contribution in [-0.4, -0.2) is 46.3 Å². The maximum atomic E-state index is 12.4. The Morgan fingerprint density at radius 2 is 1.91 bits per heavy atom. The van der Waals surface area contributed by atoms with Gasteiger partial charge in [0, 0.05) is 23.2 Å². The minimum atomic E-state index is -1.35. The van der Waals surface area contributed by atoms with Crippen molar-refractivity contribution >= 4 is 40.5 Å². The lowest BCUT2D eigenvalue weighted by atomic mass is 9.75. The van der Waals surface area contributed by atoms with Crippen LogP contribution in [0.4, 0.5) is 5.69 Å². The highest BCUT2D eigenvalue weighted by Crippen LogP contribution is 2.35. The lowest BCUT2D eigenvalue weighted by Crippen LogP contribution is -2.67. The van der Waals surface area contributed by atoms with Crippen molar-refractivity contribution in [3.63, 3.8) is 0 Å². The zero-order valence-corrected chi connectivity index (χ0v) is 14.1. The first kappa shape index (κ1) is 16.4. The first-order valence-corrected chi connectivity index (χ1v) is 8.34. The van der Waals surface area contributed by atoms with Crippen LogP contribution in [-0.2, 0) is 4.79 Å². The predicted octanol–water partition coefficient (Wildman–Crippen LogP) is 1.11. The number of benzene rings is 1. The van der Waals surface area contributed by atoms with E-state index >= 15 is 0 Å². The van der Waals surface area contributed by atoms with Gasteiger partial charge in [-0.3, -0.25) is 20.5 Å². The van der Waals surface area contributed by atoms with E-state index in [4.69, 9.17) is 23.8 Å². The summed E-state index contributed by atoms with van der Waals surface area (Å²) in [5.41, 5.74) is 4.56. The van der Waals surface area contributed by atoms with Crippen LogP contribution in [0.15, 0.2) is 24.3 Å². The lowest BCUT2D eigenvalue weighted by Gasteiger charge is -2.49. The molecule has 3 saturated heterocycles. The summed E-state index contributed by atoms with van der Waals surface area (Å²) in [5, 5.41) is 14.5. The van der Waals surface area contributed by atoms with Crippen LogP contribution in [0.25, 0.3) is 0 Å². The molecule has 0 radical (unpaired) electrons. The highest BCUT2D eigenvalue weighted by Gasteiger charge is 2.50. The van der Waals surface area contributed by atoms with Gasteiger partial charge in [-0.2, -0.15) is 0 Å². The fourth-order valence-electron chi connectivity index (χ4n) is 3.21. The molecule has 3 aliphatic heterocycles. The minimum Gasteiger partial charge on any atom is -0.378 e. The number of anilines is 1. The number of thiocarbonyl (C=S) groups is 1. The summed E-state index contributed by atoms with van der Waals surface area (Å²) in [6.45, 7) is 2.27. The van der Waals surface area contributed by atoms with Crippen molar-refractivity contribution in [2.45, 2.75) is 18.4 Å². The molecule has 2 bridgehead atoms. The molecule has 0 saturated carbocycles. The Morgan fingerprint density at radius 3 is 2.48 bits per heavy atom. The molecule has 1 amide bonds. The Morgan fingerprint density at radius 1 is 1.26 bits per heavy atom. The van der Waals surface area contributed by atoms with E-state index in [2.05, 4.69) is 21.1 Å². The van der Waals surface area contributed by atoms with Crippen LogP contribution in [0.5, 0.6) is 0 Å². The molecule has 1 aromatic rings. The SMILES string of the molecule is O=C(NNC(=S)Nc1ccc(Cl)cc1)[C@@]1(O)CN2CCC1CC2. The summed E-state index contributed by atoms with van der Waals surface area (Å²) in [7, 11) is 0. The topological polar surface area (TPSA) is 76.6 Å². The Labute approximate surface area is 145 Å². The molecule has 0 aliphatic carbocycles. The molecule has 4 N–H and O–H groups in total. The Balaban J connectivity index is 1.52. The number of rotatable bonds is 2. The van der Waals surface area contributed by atoms with Gasteiger partial charge in [-0.1, -0.05) is 11.6 Å². The number of hydrogen-bond donors (Lipinski definition) is 4. The van der Waals surface area contributed by atoms with Gasteiger partial charge in [-0.15, -0.1) is 0 Å². The molecular weight excluding hydrogens is 336 g/mol. The van der Waals surface area contributed by atoms with Crippen molar-refractivity contribution in [2.75, 3.05) is 25.0 Å². The van der Waals surface area contributed by atoms with E-state index in [1.165, 1.54) is 0 Å². The number of fused-ring (bicyclic) bond motifs is 3. The molecule has 23 heavy (non-hydrogen) atoms. The number of nitrogens with one attached hydrogen (secondary N) is 3. The molecule has 3 aliphatic rings. The van der Waals surface area contributed by atoms with Gasteiger partial charge in [0.05, 0.1) is 0 Å². The predicted molar refractivity (Wildman–Crippen MR) is 93.1 cm³/mol. The van der Waals surface area contributed by atoms with E-state index in [1.807, 2.05) is 0 Å². The van der Waals surface area contributed by atoms with E-state index in [9.17, 15) is 9.90 Å². The second kappa shape index (κ2) is 6.60. The number of piperidine rings is 3.